The molecule has 0 atom stereocenters. The van der Waals surface area contributed by atoms with Gasteiger partial charge in [-0.05, 0) is 43.5 Å². The molecule has 0 aliphatic carbocycles. The highest BCUT2D eigenvalue weighted by molar-refractivity contribution is 6.04. The lowest BCUT2D eigenvalue weighted by molar-refractivity contribution is 0.0996. The molecule has 6 nitrogen and oxygen atoms in total. The molecule has 0 spiro atoms. The molecule has 1 aliphatic rings. The molecular formula is C18H19N3O3. The minimum absolute atomic E-state index is 0.117. The first-order valence-electron chi connectivity index (χ1n) is 7.95. The molecule has 124 valence electrons. The third kappa shape index (κ3) is 3.35. The molecule has 1 saturated heterocycles. The van der Waals surface area contributed by atoms with E-state index in [9.17, 15) is 4.79 Å². The summed E-state index contributed by atoms with van der Waals surface area (Å²) in [5.74, 6) is 0.608. The number of furan rings is 1. The smallest absolute Gasteiger partial charge is 0.291 e. The van der Waals surface area contributed by atoms with E-state index in [-0.39, 0.29) is 17.4 Å². The Bertz CT molecular complexity index is 770. The van der Waals surface area contributed by atoms with E-state index >= 15 is 0 Å². The molecule has 24 heavy (non-hydrogen) atoms. The number of nitrogens with zero attached hydrogens (tertiary/aromatic N) is 2. The van der Waals surface area contributed by atoms with Gasteiger partial charge in [0.1, 0.15) is 11.8 Å². The average Bonchev–Trinajstić information content (AvgIpc) is 3.12. The molecule has 1 amide bonds. The van der Waals surface area contributed by atoms with E-state index in [0.29, 0.717) is 5.69 Å². The predicted octanol–water partition coefficient (Wildman–Crippen LogP) is 3.40. The van der Waals surface area contributed by atoms with E-state index in [1.54, 1.807) is 7.11 Å². The summed E-state index contributed by atoms with van der Waals surface area (Å²) in [7, 11) is 1.62. The van der Waals surface area contributed by atoms with E-state index in [4.69, 9.17) is 14.4 Å². The Morgan fingerprint density at radius 1 is 1.25 bits per heavy atom. The van der Waals surface area contributed by atoms with Crippen LogP contribution in [0.4, 0.5) is 11.4 Å². The lowest BCUT2D eigenvalue weighted by Crippen LogP contribution is -2.30. The molecule has 1 aromatic carbocycles. The normalized spacial score (nSPS) is 14.1. The van der Waals surface area contributed by atoms with Crippen LogP contribution >= 0.6 is 0 Å². The molecule has 1 aromatic heterocycles. The fraction of sp³-hybridized carbons (Fsp3) is 0.333. The van der Waals surface area contributed by atoms with Crippen molar-refractivity contribution in [2.75, 3.05) is 30.4 Å². The summed E-state index contributed by atoms with van der Waals surface area (Å²) >= 11 is 0. The van der Waals surface area contributed by atoms with Crippen molar-refractivity contribution < 1.29 is 13.9 Å². The van der Waals surface area contributed by atoms with Crippen LogP contribution in [0.3, 0.4) is 0 Å². The Hall–Kier alpha value is -2.94. The molecule has 2 heterocycles. The Balaban J connectivity index is 1.86. The van der Waals surface area contributed by atoms with E-state index in [0.717, 1.165) is 37.4 Å². The van der Waals surface area contributed by atoms with Gasteiger partial charge in [0.05, 0.1) is 18.5 Å². The van der Waals surface area contributed by atoms with Crippen LogP contribution in [0.1, 0.15) is 35.6 Å². The minimum atomic E-state index is -0.375. The maximum Gasteiger partial charge on any atom is 0.291 e. The number of nitriles is 1. The average molecular weight is 325 g/mol. The highest BCUT2D eigenvalue weighted by atomic mass is 16.5. The SMILES string of the molecule is COc1ccc(NC(=O)c2ccc(C#N)o2)c(N2CCCCC2)c1. The predicted molar refractivity (Wildman–Crippen MR) is 90.4 cm³/mol. The maximum atomic E-state index is 12.4. The largest absolute Gasteiger partial charge is 0.497 e. The molecule has 3 rings (SSSR count). The van der Waals surface area contributed by atoms with Crippen molar-refractivity contribution in [2.45, 2.75) is 19.3 Å². The van der Waals surface area contributed by atoms with Crippen molar-refractivity contribution in [3.8, 4) is 11.8 Å². The Labute approximate surface area is 140 Å². The molecule has 1 aliphatic heterocycles. The number of carbonyl (C=O) groups is 1. The summed E-state index contributed by atoms with van der Waals surface area (Å²) in [5.41, 5.74) is 1.65. The number of anilines is 2. The van der Waals surface area contributed by atoms with Gasteiger partial charge >= 0.3 is 0 Å². The van der Waals surface area contributed by atoms with Crippen molar-refractivity contribution in [3.05, 3.63) is 41.9 Å². The number of hydrogen-bond acceptors (Lipinski definition) is 5. The lowest BCUT2D eigenvalue weighted by atomic mass is 10.1. The van der Waals surface area contributed by atoms with Crippen LogP contribution in [0.15, 0.2) is 34.7 Å². The third-order valence-corrected chi connectivity index (χ3v) is 4.09. The number of ether oxygens (including phenoxy) is 1. The lowest BCUT2D eigenvalue weighted by Gasteiger charge is -2.30. The van der Waals surface area contributed by atoms with Crippen LogP contribution in [0, 0.1) is 11.3 Å². The first kappa shape index (κ1) is 15.9. The first-order valence-corrected chi connectivity index (χ1v) is 7.95. The molecule has 0 saturated carbocycles. The topological polar surface area (TPSA) is 78.5 Å². The second-order valence-electron chi connectivity index (χ2n) is 5.66. The quantitative estimate of drug-likeness (QED) is 0.932. The van der Waals surface area contributed by atoms with Gasteiger partial charge in [-0.2, -0.15) is 5.26 Å². The minimum Gasteiger partial charge on any atom is -0.497 e. The number of methoxy groups -OCH3 is 1. The standard InChI is InChI=1S/C18H19N3O3/c1-23-13-5-7-15(16(11-13)21-9-3-2-4-10-21)20-18(22)17-8-6-14(12-19)24-17/h5-8,11H,2-4,9-10H2,1H3,(H,20,22). The molecular weight excluding hydrogens is 306 g/mol. The Kier molecular flexibility index (Phi) is 4.71. The Morgan fingerprint density at radius 2 is 2.04 bits per heavy atom. The summed E-state index contributed by atoms with van der Waals surface area (Å²) in [5, 5.41) is 11.7. The van der Waals surface area contributed by atoms with Crippen LogP contribution in [-0.4, -0.2) is 26.1 Å². The van der Waals surface area contributed by atoms with Crippen molar-refractivity contribution in [2.24, 2.45) is 0 Å². The highest BCUT2D eigenvalue weighted by Crippen LogP contribution is 2.32. The molecule has 0 bridgehead atoms. The number of piperidine rings is 1. The summed E-state index contributed by atoms with van der Waals surface area (Å²) in [4.78, 5) is 14.6. The van der Waals surface area contributed by atoms with Crippen LogP contribution in [0.25, 0.3) is 0 Å². The van der Waals surface area contributed by atoms with Gasteiger partial charge in [-0.15, -0.1) is 0 Å². The Morgan fingerprint density at radius 3 is 2.71 bits per heavy atom. The zero-order chi connectivity index (χ0) is 16.9. The number of hydrogen-bond donors (Lipinski definition) is 1. The van der Waals surface area contributed by atoms with E-state index in [2.05, 4.69) is 10.2 Å². The summed E-state index contributed by atoms with van der Waals surface area (Å²) in [6, 6.07) is 10.4. The molecule has 0 unspecified atom stereocenters. The van der Waals surface area contributed by atoms with Gasteiger partial charge in [-0.3, -0.25) is 4.79 Å². The van der Waals surface area contributed by atoms with Crippen LogP contribution in [-0.2, 0) is 0 Å². The zero-order valence-corrected chi connectivity index (χ0v) is 13.5. The van der Waals surface area contributed by atoms with Crippen molar-refractivity contribution in [3.63, 3.8) is 0 Å². The van der Waals surface area contributed by atoms with Gasteiger partial charge in [0.15, 0.2) is 5.76 Å². The van der Waals surface area contributed by atoms with Crippen molar-refractivity contribution in [1.82, 2.24) is 0 Å². The molecule has 1 fully saturated rings. The van der Waals surface area contributed by atoms with Gasteiger partial charge < -0.3 is 19.4 Å². The summed E-state index contributed by atoms with van der Waals surface area (Å²) in [6.07, 6.45) is 3.49. The van der Waals surface area contributed by atoms with Crippen molar-refractivity contribution in [1.29, 1.82) is 5.26 Å². The number of amides is 1. The van der Waals surface area contributed by atoms with Gasteiger partial charge in [0.25, 0.3) is 5.91 Å². The van der Waals surface area contributed by atoms with Crippen molar-refractivity contribution >= 4 is 17.3 Å². The highest BCUT2D eigenvalue weighted by Gasteiger charge is 2.18. The third-order valence-electron chi connectivity index (χ3n) is 4.09. The zero-order valence-electron chi connectivity index (χ0n) is 13.5. The fourth-order valence-corrected chi connectivity index (χ4v) is 2.84. The molecule has 6 heteroatoms. The van der Waals surface area contributed by atoms with Gasteiger partial charge in [-0.25, -0.2) is 0 Å². The fourth-order valence-electron chi connectivity index (χ4n) is 2.84. The molecule has 0 radical (unpaired) electrons. The molecule has 2 aromatic rings. The van der Waals surface area contributed by atoms with Crippen LogP contribution in [0.5, 0.6) is 5.75 Å². The van der Waals surface area contributed by atoms with E-state index in [1.165, 1.54) is 18.6 Å². The van der Waals surface area contributed by atoms with Gasteiger partial charge in [0, 0.05) is 19.2 Å². The maximum absolute atomic E-state index is 12.4. The van der Waals surface area contributed by atoms with Gasteiger partial charge in [0.2, 0.25) is 5.76 Å². The van der Waals surface area contributed by atoms with Crippen LogP contribution in [0.2, 0.25) is 0 Å². The van der Waals surface area contributed by atoms with Gasteiger partial charge in [-0.1, -0.05) is 0 Å². The number of carbonyl (C=O) groups excluding carboxylic acids is 1. The van der Waals surface area contributed by atoms with E-state index < -0.39 is 0 Å². The van der Waals surface area contributed by atoms with E-state index in [1.807, 2.05) is 24.3 Å². The van der Waals surface area contributed by atoms with Crippen LogP contribution < -0.4 is 15.0 Å². The number of benzene rings is 1. The second kappa shape index (κ2) is 7.09. The first-order chi connectivity index (χ1) is 11.7. The number of nitrogens with one attached hydrogen (secondary N) is 1. The second-order valence-corrected chi connectivity index (χ2v) is 5.66. The molecule has 1 N–H and O–H groups in total. The number of rotatable bonds is 4. The summed E-state index contributed by atoms with van der Waals surface area (Å²) < 4.78 is 10.5. The monoisotopic (exact) mass is 325 g/mol. The summed E-state index contributed by atoms with van der Waals surface area (Å²) in [6.45, 7) is 1.91.